The van der Waals surface area contributed by atoms with Crippen LogP contribution in [0.3, 0.4) is 0 Å². The van der Waals surface area contributed by atoms with Crippen molar-refractivity contribution in [1.29, 1.82) is 0 Å². The van der Waals surface area contributed by atoms with Gasteiger partial charge in [-0.15, -0.1) is 0 Å². The summed E-state index contributed by atoms with van der Waals surface area (Å²) in [5.41, 5.74) is 1.47. The van der Waals surface area contributed by atoms with Gasteiger partial charge in [0.15, 0.2) is 0 Å². The topological polar surface area (TPSA) is 90.9 Å². The van der Waals surface area contributed by atoms with Crippen LogP contribution in [-0.2, 0) is 11.2 Å². The highest BCUT2D eigenvalue weighted by atomic mass is 32.2. The van der Waals surface area contributed by atoms with Gasteiger partial charge in [0, 0.05) is 42.9 Å². The maximum absolute atomic E-state index is 13.1. The number of carbonyl (C=O) groups excluding carboxylic acids is 2. The molecule has 1 heterocycles. The van der Waals surface area contributed by atoms with Gasteiger partial charge in [0.2, 0.25) is 5.91 Å². The highest BCUT2D eigenvalue weighted by molar-refractivity contribution is 7.99. The quantitative estimate of drug-likeness (QED) is 0.579. The van der Waals surface area contributed by atoms with E-state index in [1.54, 1.807) is 18.2 Å². The number of aliphatic hydroxyl groups excluding tert-OH is 1. The first-order valence-electron chi connectivity index (χ1n) is 10.1. The van der Waals surface area contributed by atoms with E-state index in [2.05, 4.69) is 10.6 Å². The summed E-state index contributed by atoms with van der Waals surface area (Å²) in [4.78, 5) is 26.2. The molecule has 1 unspecified atom stereocenters. The summed E-state index contributed by atoms with van der Waals surface area (Å²) in [5, 5.41) is 15.1. The molecule has 1 aliphatic rings. The Morgan fingerprint density at radius 2 is 1.90 bits per heavy atom. The van der Waals surface area contributed by atoms with Gasteiger partial charge in [-0.2, -0.15) is 11.8 Å². The number of urea groups is 1. The Balaban J connectivity index is 1.37. The van der Waals surface area contributed by atoms with Crippen LogP contribution in [-0.4, -0.2) is 65.8 Å². The molecule has 166 valence electrons. The van der Waals surface area contributed by atoms with Gasteiger partial charge in [-0.05, 0) is 29.8 Å². The molecule has 31 heavy (non-hydrogen) atoms. The molecule has 1 aliphatic heterocycles. The number of ether oxygens (including phenoxy) is 1. The number of nitrogens with one attached hydrogen (secondary N) is 2. The number of amides is 3. The summed E-state index contributed by atoms with van der Waals surface area (Å²) in [5.74, 6) is 1.96. The molecule has 0 bridgehead atoms. The van der Waals surface area contributed by atoms with Crippen LogP contribution >= 0.6 is 11.8 Å². The Bertz CT molecular complexity index is 875. The number of hydrogen-bond acceptors (Lipinski definition) is 5. The Labute approximate surface area is 185 Å². The molecular weight excluding hydrogens is 421 g/mol. The fourth-order valence-electron chi connectivity index (χ4n) is 3.00. The van der Waals surface area contributed by atoms with E-state index in [9.17, 15) is 19.1 Å². The van der Waals surface area contributed by atoms with Crippen LogP contribution in [0.1, 0.15) is 5.56 Å². The van der Waals surface area contributed by atoms with Crippen molar-refractivity contribution in [1.82, 2.24) is 10.2 Å². The van der Waals surface area contributed by atoms with Gasteiger partial charge in [0.05, 0.1) is 6.42 Å². The lowest BCUT2D eigenvalue weighted by molar-refractivity contribution is -0.130. The molecule has 3 N–H and O–H groups in total. The lowest BCUT2D eigenvalue weighted by Crippen LogP contribution is -2.38. The van der Waals surface area contributed by atoms with Gasteiger partial charge in [-0.3, -0.25) is 4.79 Å². The van der Waals surface area contributed by atoms with E-state index in [0.29, 0.717) is 17.9 Å². The lowest BCUT2D eigenvalue weighted by Gasteiger charge is -2.26. The molecule has 0 spiro atoms. The van der Waals surface area contributed by atoms with Gasteiger partial charge in [-0.25, -0.2) is 9.18 Å². The molecule has 3 amide bonds. The maximum atomic E-state index is 13.1. The lowest BCUT2D eigenvalue weighted by atomic mass is 10.1. The first-order valence-corrected chi connectivity index (χ1v) is 11.2. The summed E-state index contributed by atoms with van der Waals surface area (Å²) in [7, 11) is 0. The minimum absolute atomic E-state index is 0.0259. The second kappa shape index (κ2) is 11.6. The molecule has 7 nitrogen and oxygen atoms in total. The number of benzene rings is 2. The normalized spacial score (nSPS) is 14.6. The Morgan fingerprint density at radius 1 is 1.16 bits per heavy atom. The first kappa shape index (κ1) is 22.9. The molecule has 3 rings (SSSR count). The second-order valence-corrected chi connectivity index (χ2v) is 8.35. The van der Waals surface area contributed by atoms with Crippen LogP contribution in [0.5, 0.6) is 5.75 Å². The second-order valence-electron chi connectivity index (χ2n) is 7.12. The third-order valence-electron chi connectivity index (χ3n) is 4.67. The van der Waals surface area contributed by atoms with Crippen LogP contribution < -0.4 is 15.4 Å². The average Bonchev–Trinajstić information content (AvgIpc) is 2.78. The van der Waals surface area contributed by atoms with Gasteiger partial charge >= 0.3 is 6.03 Å². The number of halogens is 1. The smallest absolute Gasteiger partial charge is 0.319 e. The fourth-order valence-corrected chi connectivity index (χ4v) is 3.90. The Kier molecular flexibility index (Phi) is 8.54. The molecule has 1 saturated heterocycles. The van der Waals surface area contributed by atoms with E-state index in [1.165, 1.54) is 18.2 Å². The Hall–Kier alpha value is -2.78. The molecule has 0 aromatic heterocycles. The van der Waals surface area contributed by atoms with E-state index in [1.807, 2.05) is 28.8 Å². The molecule has 1 fully saturated rings. The zero-order valence-electron chi connectivity index (χ0n) is 17.1. The van der Waals surface area contributed by atoms with Crippen molar-refractivity contribution < 1.29 is 23.8 Å². The van der Waals surface area contributed by atoms with Crippen LogP contribution in [0.2, 0.25) is 0 Å². The van der Waals surface area contributed by atoms with Crippen molar-refractivity contribution in [2.75, 3.05) is 43.1 Å². The van der Waals surface area contributed by atoms with Crippen LogP contribution in [0.4, 0.5) is 14.9 Å². The molecular formula is C22H26FN3O4S. The maximum Gasteiger partial charge on any atom is 0.319 e. The monoisotopic (exact) mass is 447 g/mol. The summed E-state index contributed by atoms with van der Waals surface area (Å²) >= 11 is 1.86. The molecule has 2 aromatic carbocycles. The van der Waals surface area contributed by atoms with Crippen molar-refractivity contribution in [2.24, 2.45) is 0 Å². The zero-order valence-corrected chi connectivity index (χ0v) is 17.9. The number of carbonyl (C=O) groups is 2. The minimum atomic E-state index is -0.949. The number of aliphatic hydroxyl groups is 1. The summed E-state index contributed by atoms with van der Waals surface area (Å²) in [6.45, 7) is 1.48. The summed E-state index contributed by atoms with van der Waals surface area (Å²) < 4.78 is 18.4. The standard InChI is InChI=1S/C22H26FN3O4S/c23-17-2-1-3-20(13-17)30-15-19(27)14-24-22(29)25-18-6-4-16(5-7-18)12-21(28)26-8-10-31-11-9-26/h1-7,13,19,27H,8-12,14-15H2,(H2,24,25,29). The number of anilines is 1. The van der Waals surface area contributed by atoms with Gasteiger partial charge in [0.25, 0.3) is 0 Å². The SMILES string of the molecule is O=C(NCC(O)COc1cccc(F)c1)Nc1ccc(CC(=O)N2CCSCC2)cc1. The highest BCUT2D eigenvalue weighted by Gasteiger charge is 2.17. The van der Waals surface area contributed by atoms with E-state index in [-0.39, 0.29) is 19.1 Å². The van der Waals surface area contributed by atoms with Crippen molar-refractivity contribution in [3.63, 3.8) is 0 Å². The predicted octanol–water partition coefficient (Wildman–Crippen LogP) is 2.51. The first-order chi connectivity index (χ1) is 15.0. The van der Waals surface area contributed by atoms with Crippen LogP contribution in [0, 0.1) is 5.82 Å². The largest absolute Gasteiger partial charge is 0.491 e. The van der Waals surface area contributed by atoms with E-state index < -0.39 is 18.0 Å². The molecule has 0 aliphatic carbocycles. The van der Waals surface area contributed by atoms with Crippen LogP contribution in [0.25, 0.3) is 0 Å². The zero-order chi connectivity index (χ0) is 22.1. The third kappa shape index (κ3) is 7.76. The molecule has 9 heteroatoms. The Morgan fingerprint density at radius 3 is 2.61 bits per heavy atom. The van der Waals surface area contributed by atoms with Gasteiger partial charge in [-0.1, -0.05) is 18.2 Å². The number of thioether (sulfide) groups is 1. The van der Waals surface area contributed by atoms with Crippen molar-refractivity contribution >= 4 is 29.4 Å². The van der Waals surface area contributed by atoms with E-state index >= 15 is 0 Å². The summed E-state index contributed by atoms with van der Waals surface area (Å²) in [6, 6.07) is 12.2. The van der Waals surface area contributed by atoms with Crippen LogP contribution in [0.15, 0.2) is 48.5 Å². The summed E-state index contributed by atoms with van der Waals surface area (Å²) in [6.07, 6.45) is -0.607. The van der Waals surface area contributed by atoms with Gasteiger partial charge in [0.1, 0.15) is 24.3 Å². The number of hydrogen-bond donors (Lipinski definition) is 3. The van der Waals surface area contributed by atoms with E-state index in [4.69, 9.17) is 4.74 Å². The number of nitrogens with zero attached hydrogens (tertiary/aromatic N) is 1. The van der Waals surface area contributed by atoms with Crippen molar-refractivity contribution in [2.45, 2.75) is 12.5 Å². The van der Waals surface area contributed by atoms with Gasteiger partial charge < -0.3 is 25.4 Å². The van der Waals surface area contributed by atoms with E-state index in [0.717, 1.165) is 30.2 Å². The average molecular weight is 448 g/mol. The molecule has 1 atom stereocenters. The van der Waals surface area contributed by atoms with Crippen molar-refractivity contribution in [3.05, 3.63) is 59.9 Å². The third-order valence-corrected chi connectivity index (χ3v) is 5.61. The van der Waals surface area contributed by atoms with Crippen molar-refractivity contribution in [3.8, 4) is 5.75 Å². The predicted molar refractivity (Wildman–Crippen MR) is 119 cm³/mol. The number of rotatable bonds is 8. The molecule has 0 radical (unpaired) electrons. The molecule has 2 aromatic rings. The highest BCUT2D eigenvalue weighted by Crippen LogP contribution is 2.14. The minimum Gasteiger partial charge on any atom is -0.491 e. The molecule has 0 saturated carbocycles. The fraction of sp³-hybridized carbons (Fsp3) is 0.364.